The molecule has 0 aliphatic rings. The second-order valence-corrected chi connectivity index (χ2v) is 8.59. The Hall–Kier alpha value is -0.930. The smallest absolute Gasteiger partial charge is 0.338 e. The van der Waals surface area contributed by atoms with Gasteiger partial charge in [-0.05, 0) is 12.8 Å². The van der Waals surface area contributed by atoms with Crippen molar-refractivity contribution in [2.45, 2.75) is 113 Å². The highest BCUT2D eigenvalue weighted by atomic mass is 16.4. The standard InChI is InChI=1S/C21H42O12/c22-10-8-6-4-2-1-3-5-7-9-14(25)15(26)16(27)17(28)18(29)19(30)21(33,20(31)32)11-13(24)12-23/h13-19,22-30,33H,1-12H2,(H,31,32). The number of aliphatic carboxylic acids is 1. The number of carboxylic acids is 1. The number of aliphatic hydroxyl groups excluding tert-OH is 9. The van der Waals surface area contributed by atoms with Crippen LogP contribution < -0.4 is 0 Å². The summed E-state index contributed by atoms with van der Waals surface area (Å²) in [5.74, 6) is -2.06. The van der Waals surface area contributed by atoms with Crippen LogP contribution in [0.5, 0.6) is 0 Å². The molecule has 0 heterocycles. The Labute approximate surface area is 193 Å². The number of hydrogen-bond acceptors (Lipinski definition) is 11. The first-order valence-electron chi connectivity index (χ1n) is 11.4. The normalized spacial score (nSPS) is 20.3. The van der Waals surface area contributed by atoms with Gasteiger partial charge in [-0.1, -0.05) is 44.9 Å². The minimum atomic E-state index is -3.18. The fourth-order valence-electron chi connectivity index (χ4n) is 3.56. The molecular formula is C21H42O12. The van der Waals surface area contributed by atoms with E-state index in [2.05, 4.69) is 0 Å². The maximum absolute atomic E-state index is 11.4. The molecular weight excluding hydrogens is 444 g/mol. The van der Waals surface area contributed by atoms with Crippen molar-refractivity contribution < 1.29 is 61.0 Å². The molecule has 0 fully saturated rings. The summed E-state index contributed by atoms with van der Waals surface area (Å²) in [6, 6.07) is 0. The zero-order valence-electron chi connectivity index (χ0n) is 18.9. The third kappa shape index (κ3) is 10.9. The predicted octanol–water partition coefficient (Wildman–Crippen LogP) is -2.79. The maximum atomic E-state index is 11.4. The fourth-order valence-corrected chi connectivity index (χ4v) is 3.56. The van der Waals surface area contributed by atoms with Crippen molar-refractivity contribution in [3.63, 3.8) is 0 Å². The number of rotatable bonds is 20. The fraction of sp³-hybridized carbons (Fsp3) is 0.952. The Bertz CT molecular complexity index is 521. The van der Waals surface area contributed by atoms with Crippen molar-refractivity contribution in [3.8, 4) is 0 Å². The predicted molar refractivity (Wildman–Crippen MR) is 115 cm³/mol. The molecule has 0 spiro atoms. The van der Waals surface area contributed by atoms with Crippen LogP contribution in [0.2, 0.25) is 0 Å². The van der Waals surface area contributed by atoms with E-state index in [9.17, 15) is 45.6 Å². The summed E-state index contributed by atoms with van der Waals surface area (Å²) in [5.41, 5.74) is -3.18. The van der Waals surface area contributed by atoms with Crippen molar-refractivity contribution in [3.05, 3.63) is 0 Å². The molecule has 0 saturated heterocycles. The monoisotopic (exact) mass is 486 g/mol. The van der Waals surface area contributed by atoms with Gasteiger partial charge in [0.25, 0.3) is 0 Å². The van der Waals surface area contributed by atoms with Crippen molar-refractivity contribution in [1.82, 2.24) is 0 Å². The molecule has 0 rings (SSSR count). The van der Waals surface area contributed by atoms with Gasteiger partial charge in [-0.3, -0.25) is 0 Å². The van der Waals surface area contributed by atoms with E-state index >= 15 is 0 Å². The highest BCUT2D eigenvalue weighted by molar-refractivity contribution is 5.78. The van der Waals surface area contributed by atoms with E-state index in [0.717, 1.165) is 44.9 Å². The van der Waals surface area contributed by atoms with Gasteiger partial charge in [0.1, 0.15) is 30.5 Å². The van der Waals surface area contributed by atoms with E-state index in [4.69, 9.17) is 15.3 Å². The molecule has 0 aromatic rings. The molecule has 198 valence electrons. The van der Waals surface area contributed by atoms with Crippen molar-refractivity contribution in [2.75, 3.05) is 13.2 Å². The highest BCUT2D eigenvalue weighted by Crippen LogP contribution is 2.25. The van der Waals surface area contributed by atoms with E-state index in [0.29, 0.717) is 6.42 Å². The summed E-state index contributed by atoms with van der Waals surface area (Å²) >= 11 is 0. The molecule has 0 aliphatic heterocycles. The molecule has 8 atom stereocenters. The van der Waals surface area contributed by atoms with Crippen LogP contribution in [0.1, 0.15) is 64.2 Å². The summed E-state index contributed by atoms with van der Waals surface area (Å²) in [4.78, 5) is 11.4. The Kier molecular flexibility index (Phi) is 16.2. The van der Waals surface area contributed by atoms with E-state index < -0.39 is 67.3 Å². The Morgan fingerprint density at radius 2 is 1.12 bits per heavy atom. The summed E-state index contributed by atoms with van der Waals surface area (Å²) in [6.45, 7) is -0.762. The number of hydrogen-bond donors (Lipinski definition) is 11. The van der Waals surface area contributed by atoms with E-state index in [-0.39, 0.29) is 13.0 Å². The lowest BCUT2D eigenvalue weighted by Crippen LogP contribution is -2.61. The van der Waals surface area contributed by atoms with Gasteiger partial charge in [0.05, 0.1) is 18.8 Å². The molecule has 12 nitrogen and oxygen atoms in total. The van der Waals surface area contributed by atoms with Gasteiger partial charge in [0.15, 0.2) is 5.60 Å². The largest absolute Gasteiger partial charge is 0.479 e. The average Bonchev–Trinajstić information content (AvgIpc) is 2.79. The molecule has 0 saturated carbocycles. The first-order valence-corrected chi connectivity index (χ1v) is 11.4. The topological polar surface area (TPSA) is 240 Å². The molecule has 0 amide bonds. The van der Waals surface area contributed by atoms with E-state index in [1.54, 1.807) is 0 Å². The zero-order valence-corrected chi connectivity index (χ0v) is 18.9. The summed E-state index contributed by atoms with van der Waals surface area (Å²) < 4.78 is 0. The summed E-state index contributed by atoms with van der Waals surface area (Å²) in [5, 5.41) is 107. The third-order valence-electron chi connectivity index (χ3n) is 5.79. The maximum Gasteiger partial charge on any atom is 0.338 e. The van der Waals surface area contributed by atoms with Crippen molar-refractivity contribution >= 4 is 5.97 Å². The molecule has 0 aromatic heterocycles. The highest BCUT2D eigenvalue weighted by Gasteiger charge is 2.51. The molecule has 0 bridgehead atoms. The van der Waals surface area contributed by atoms with Gasteiger partial charge >= 0.3 is 5.97 Å². The third-order valence-corrected chi connectivity index (χ3v) is 5.79. The zero-order chi connectivity index (χ0) is 25.6. The van der Waals surface area contributed by atoms with Gasteiger partial charge in [-0.2, -0.15) is 0 Å². The number of aliphatic hydroxyl groups is 10. The lowest BCUT2D eigenvalue weighted by molar-refractivity contribution is -0.208. The van der Waals surface area contributed by atoms with Gasteiger partial charge < -0.3 is 56.2 Å². The minimum Gasteiger partial charge on any atom is -0.479 e. The lowest BCUT2D eigenvalue weighted by Gasteiger charge is -2.37. The van der Waals surface area contributed by atoms with Gasteiger partial charge in [-0.15, -0.1) is 0 Å². The van der Waals surface area contributed by atoms with Gasteiger partial charge in [-0.25, -0.2) is 4.79 Å². The van der Waals surface area contributed by atoms with E-state index in [1.807, 2.05) is 0 Å². The Morgan fingerprint density at radius 1 is 0.667 bits per heavy atom. The Balaban J connectivity index is 4.66. The van der Waals surface area contributed by atoms with Gasteiger partial charge in [0.2, 0.25) is 0 Å². The average molecular weight is 487 g/mol. The number of unbranched alkanes of at least 4 members (excludes halogenated alkanes) is 7. The molecule has 0 aliphatic carbocycles. The Morgan fingerprint density at radius 3 is 1.58 bits per heavy atom. The lowest BCUT2D eigenvalue weighted by atomic mass is 9.83. The van der Waals surface area contributed by atoms with Crippen molar-refractivity contribution in [2.24, 2.45) is 0 Å². The number of carbonyl (C=O) groups is 1. The first kappa shape index (κ1) is 32.1. The van der Waals surface area contributed by atoms with Crippen LogP contribution in [0.15, 0.2) is 0 Å². The van der Waals surface area contributed by atoms with Crippen LogP contribution >= 0.6 is 0 Å². The second-order valence-electron chi connectivity index (χ2n) is 8.59. The van der Waals surface area contributed by atoms with Crippen LogP contribution in [0.25, 0.3) is 0 Å². The molecule has 11 N–H and O–H groups in total. The summed E-state index contributed by atoms with van der Waals surface area (Å²) in [6.07, 6.45) is -8.85. The molecule has 0 aromatic carbocycles. The summed E-state index contributed by atoms with van der Waals surface area (Å²) in [7, 11) is 0. The van der Waals surface area contributed by atoms with E-state index in [1.165, 1.54) is 0 Å². The van der Waals surface area contributed by atoms with Crippen molar-refractivity contribution in [1.29, 1.82) is 0 Å². The number of carboxylic acid groups (broad SMARTS) is 1. The van der Waals surface area contributed by atoms with Gasteiger partial charge in [0, 0.05) is 13.0 Å². The van der Waals surface area contributed by atoms with Crippen LogP contribution in [0.3, 0.4) is 0 Å². The second kappa shape index (κ2) is 16.7. The van der Waals surface area contributed by atoms with Crippen LogP contribution in [0, 0.1) is 0 Å². The molecule has 12 heteroatoms. The van der Waals surface area contributed by atoms with Crippen LogP contribution in [-0.4, -0.2) is 124 Å². The quantitative estimate of drug-likeness (QED) is 0.0783. The minimum absolute atomic E-state index is 0.0792. The first-order chi connectivity index (χ1) is 15.4. The molecule has 8 unspecified atom stereocenters. The SMILES string of the molecule is O=C(O)C(O)(CC(O)CO)C(O)C(O)C(O)C(O)C(O)C(O)CCCCCCCCCCO. The molecule has 0 radical (unpaired) electrons. The van der Waals surface area contributed by atoms with Crippen LogP contribution in [0.4, 0.5) is 0 Å². The van der Waals surface area contributed by atoms with Crippen LogP contribution in [-0.2, 0) is 4.79 Å². The molecule has 33 heavy (non-hydrogen) atoms.